The van der Waals surface area contributed by atoms with E-state index >= 15 is 0 Å². The van der Waals surface area contributed by atoms with Gasteiger partial charge in [0.15, 0.2) is 0 Å². The summed E-state index contributed by atoms with van der Waals surface area (Å²) in [5, 5.41) is 0. The van der Waals surface area contributed by atoms with Crippen molar-refractivity contribution in [2.75, 3.05) is 25.4 Å². The van der Waals surface area contributed by atoms with E-state index in [1.54, 1.807) is 30.0 Å². The summed E-state index contributed by atoms with van der Waals surface area (Å²) in [4.78, 5) is 26.0. The summed E-state index contributed by atoms with van der Waals surface area (Å²) in [5.41, 5.74) is 6.91. The lowest BCUT2D eigenvalue weighted by Crippen LogP contribution is -2.40. The molecule has 0 aliphatic carbocycles. The van der Waals surface area contributed by atoms with Crippen molar-refractivity contribution in [3.05, 3.63) is 28.2 Å². The van der Waals surface area contributed by atoms with Crippen LogP contribution in [0.15, 0.2) is 22.7 Å². The number of carbonyl (C=O) groups excluding carboxylic acids is 2. The van der Waals surface area contributed by atoms with Crippen LogP contribution in [-0.4, -0.2) is 36.5 Å². The Labute approximate surface area is 132 Å². The second-order valence-corrected chi connectivity index (χ2v) is 5.82. The molecule has 5 nitrogen and oxygen atoms in total. The first-order valence-electron chi connectivity index (χ1n) is 7.04. The van der Waals surface area contributed by atoms with Crippen LogP contribution in [0.5, 0.6) is 0 Å². The Morgan fingerprint density at radius 2 is 2.05 bits per heavy atom. The molecule has 6 heteroatoms. The second-order valence-electron chi connectivity index (χ2n) is 5.03. The SMILES string of the molecule is CCOC(=O)C1CCN(C(=O)c2cccc(N)c2Br)CC1. The molecule has 21 heavy (non-hydrogen) atoms. The smallest absolute Gasteiger partial charge is 0.309 e. The summed E-state index contributed by atoms with van der Waals surface area (Å²) in [6.07, 6.45) is 1.29. The van der Waals surface area contributed by atoms with Gasteiger partial charge in [-0.15, -0.1) is 0 Å². The summed E-state index contributed by atoms with van der Waals surface area (Å²) in [6, 6.07) is 5.26. The molecule has 1 aromatic rings. The number of piperidine rings is 1. The highest BCUT2D eigenvalue weighted by Crippen LogP contribution is 2.27. The van der Waals surface area contributed by atoms with Gasteiger partial charge in [-0.1, -0.05) is 6.07 Å². The molecule has 0 atom stereocenters. The first-order valence-corrected chi connectivity index (χ1v) is 7.83. The minimum Gasteiger partial charge on any atom is -0.466 e. The van der Waals surface area contributed by atoms with Crippen LogP contribution in [0.4, 0.5) is 5.69 Å². The van der Waals surface area contributed by atoms with Gasteiger partial charge >= 0.3 is 5.97 Å². The number of hydrogen-bond acceptors (Lipinski definition) is 4. The number of nitrogens with two attached hydrogens (primary N) is 1. The molecule has 0 radical (unpaired) electrons. The van der Waals surface area contributed by atoms with Gasteiger partial charge in [0.25, 0.3) is 5.91 Å². The van der Waals surface area contributed by atoms with Gasteiger partial charge in [0, 0.05) is 18.8 Å². The Hall–Kier alpha value is -1.56. The number of ether oxygens (including phenoxy) is 1. The van der Waals surface area contributed by atoms with E-state index in [0.29, 0.717) is 48.3 Å². The van der Waals surface area contributed by atoms with Crippen LogP contribution in [0.2, 0.25) is 0 Å². The zero-order chi connectivity index (χ0) is 15.4. The number of hydrogen-bond donors (Lipinski definition) is 1. The number of likely N-dealkylation sites (tertiary alicyclic amines) is 1. The highest BCUT2D eigenvalue weighted by molar-refractivity contribution is 9.10. The lowest BCUT2D eigenvalue weighted by atomic mass is 9.96. The van der Waals surface area contributed by atoms with Gasteiger partial charge < -0.3 is 15.4 Å². The molecule has 0 unspecified atom stereocenters. The fraction of sp³-hybridized carbons (Fsp3) is 0.467. The monoisotopic (exact) mass is 354 g/mol. The number of esters is 1. The number of halogens is 1. The lowest BCUT2D eigenvalue weighted by Gasteiger charge is -2.31. The number of carbonyl (C=O) groups is 2. The van der Waals surface area contributed by atoms with E-state index in [2.05, 4.69) is 15.9 Å². The molecule has 0 spiro atoms. The Bertz CT molecular complexity index is 540. The predicted octanol–water partition coefficient (Wildman–Crippen LogP) is 2.45. The molecule has 1 amide bonds. The number of benzene rings is 1. The van der Waals surface area contributed by atoms with Crippen molar-refractivity contribution < 1.29 is 14.3 Å². The summed E-state index contributed by atoms with van der Waals surface area (Å²) in [7, 11) is 0. The van der Waals surface area contributed by atoms with Crippen LogP contribution in [0.1, 0.15) is 30.1 Å². The van der Waals surface area contributed by atoms with Gasteiger partial charge in [-0.25, -0.2) is 0 Å². The molecular formula is C15H19BrN2O3. The van der Waals surface area contributed by atoms with Gasteiger partial charge in [0.1, 0.15) is 0 Å². The van der Waals surface area contributed by atoms with Gasteiger partial charge in [0.2, 0.25) is 0 Å². The number of anilines is 1. The summed E-state index contributed by atoms with van der Waals surface area (Å²) in [5.74, 6) is -0.315. The Morgan fingerprint density at radius 3 is 2.67 bits per heavy atom. The Balaban J connectivity index is 2.00. The molecule has 0 saturated carbocycles. The molecule has 1 heterocycles. The molecule has 1 aliphatic heterocycles. The van der Waals surface area contributed by atoms with Crippen molar-refractivity contribution >= 4 is 33.5 Å². The summed E-state index contributed by atoms with van der Waals surface area (Å²) in [6.45, 7) is 3.31. The molecule has 1 aliphatic rings. The van der Waals surface area contributed by atoms with Gasteiger partial charge in [-0.3, -0.25) is 9.59 Å². The van der Waals surface area contributed by atoms with E-state index in [1.807, 2.05) is 0 Å². The standard InChI is InChI=1S/C15H19BrN2O3/c1-2-21-15(20)10-6-8-18(9-7-10)14(19)11-4-3-5-12(17)13(11)16/h3-5,10H,2,6-9,17H2,1H3. The molecule has 1 saturated heterocycles. The van der Waals surface area contributed by atoms with Gasteiger partial charge in [0.05, 0.1) is 22.6 Å². The zero-order valence-corrected chi connectivity index (χ0v) is 13.6. The number of amides is 1. The van der Waals surface area contributed by atoms with Crippen LogP contribution in [-0.2, 0) is 9.53 Å². The van der Waals surface area contributed by atoms with Crippen molar-refractivity contribution in [2.24, 2.45) is 5.92 Å². The fourth-order valence-electron chi connectivity index (χ4n) is 2.46. The molecule has 2 rings (SSSR count). The minimum atomic E-state index is -0.158. The van der Waals surface area contributed by atoms with Crippen molar-refractivity contribution in [3.8, 4) is 0 Å². The molecular weight excluding hydrogens is 336 g/mol. The van der Waals surface area contributed by atoms with Crippen LogP contribution in [0.25, 0.3) is 0 Å². The maximum Gasteiger partial charge on any atom is 0.309 e. The maximum absolute atomic E-state index is 12.5. The second kappa shape index (κ2) is 6.93. The number of rotatable bonds is 3. The molecule has 0 bridgehead atoms. The van der Waals surface area contributed by atoms with Crippen LogP contribution < -0.4 is 5.73 Å². The van der Waals surface area contributed by atoms with Gasteiger partial charge in [-0.05, 0) is 47.8 Å². The van der Waals surface area contributed by atoms with Crippen LogP contribution in [0.3, 0.4) is 0 Å². The van der Waals surface area contributed by atoms with Crippen molar-refractivity contribution in [3.63, 3.8) is 0 Å². The average Bonchev–Trinajstić information content (AvgIpc) is 2.50. The maximum atomic E-state index is 12.5. The van der Waals surface area contributed by atoms with Crippen molar-refractivity contribution in [1.29, 1.82) is 0 Å². The van der Waals surface area contributed by atoms with Crippen molar-refractivity contribution in [1.82, 2.24) is 4.90 Å². The Kier molecular flexibility index (Phi) is 5.22. The minimum absolute atomic E-state index is 0.0588. The van der Waals surface area contributed by atoms with Crippen LogP contribution >= 0.6 is 15.9 Å². The third kappa shape index (κ3) is 3.56. The molecule has 2 N–H and O–H groups in total. The summed E-state index contributed by atoms with van der Waals surface area (Å²) < 4.78 is 5.66. The number of nitrogens with zero attached hydrogens (tertiary/aromatic N) is 1. The van der Waals surface area contributed by atoms with E-state index in [9.17, 15) is 9.59 Å². The third-order valence-electron chi connectivity index (χ3n) is 3.66. The zero-order valence-electron chi connectivity index (χ0n) is 12.0. The molecule has 1 fully saturated rings. The highest BCUT2D eigenvalue weighted by atomic mass is 79.9. The van der Waals surface area contributed by atoms with E-state index in [4.69, 9.17) is 10.5 Å². The normalized spacial score (nSPS) is 15.8. The Morgan fingerprint density at radius 1 is 1.38 bits per heavy atom. The molecule has 1 aromatic carbocycles. The molecule has 0 aromatic heterocycles. The predicted molar refractivity (Wildman–Crippen MR) is 83.8 cm³/mol. The lowest BCUT2D eigenvalue weighted by molar-refractivity contribution is -0.149. The van der Waals surface area contributed by atoms with Crippen molar-refractivity contribution in [2.45, 2.75) is 19.8 Å². The van der Waals surface area contributed by atoms with E-state index < -0.39 is 0 Å². The van der Waals surface area contributed by atoms with Crippen LogP contribution in [0, 0.1) is 5.92 Å². The third-order valence-corrected chi connectivity index (χ3v) is 4.55. The van der Waals surface area contributed by atoms with E-state index in [-0.39, 0.29) is 17.8 Å². The highest BCUT2D eigenvalue weighted by Gasteiger charge is 2.29. The first-order chi connectivity index (χ1) is 10.0. The topological polar surface area (TPSA) is 72.6 Å². The fourth-order valence-corrected chi connectivity index (χ4v) is 2.90. The average molecular weight is 355 g/mol. The summed E-state index contributed by atoms with van der Waals surface area (Å²) >= 11 is 3.36. The largest absolute Gasteiger partial charge is 0.466 e. The number of nitrogen functional groups attached to an aromatic ring is 1. The quantitative estimate of drug-likeness (QED) is 0.668. The van der Waals surface area contributed by atoms with E-state index in [1.165, 1.54) is 0 Å². The first kappa shape index (κ1) is 15.8. The van der Waals surface area contributed by atoms with E-state index in [0.717, 1.165) is 0 Å². The van der Waals surface area contributed by atoms with Gasteiger partial charge in [-0.2, -0.15) is 0 Å². The molecule has 114 valence electrons.